The lowest BCUT2D eigenvalue weighted by Gasteiger charge is -1.99. The van der Waals surface area contributed by atoms with E-state index in [2.05, 4.69) is 0 Å². The lowest BCUT2D eigenvalue weighted by atomic mass is 10.3. The second-order valence-corrected chi connectivity index (χ2v) is 4.22. The molecular weight excluding hydrogens is 194 g/mol. The van der Waals surface area contributed by atoms with Gasteiger partial charge in [-0.25, -0.2) is 13.6 Å². The molecule has 0 spiro atoms. The first-order valence-corrected chi connectivity index (χ1v) is 5.29. The van der Waals surface area contributed by atoms with Gasteiger partial charge in [-0.1, -0.05) is 0 Å². The molecule has 0 aliphatic heterocycles. The Kier molecular flexibility index (Phi) is 3.07. The minimum Gasteiger partial charge on any atom is -0.468 e. The van der Waals surface area contributed by atoms with E-state index in [1.807, 2.05) is 0 Å². The zero-order chi connectivity index (χ0) is 9.90. The highest BCUT2D eigenvalue weighted by atomic mass is 32.2. The van der Waals surface area contributed by atoms with Crippen LogP contribution in [0.25, 0.3) is 0 Å². The van der Waals surface area contributed by atoms with E-state index in [-0.39, 0.29) is 5.75 Å². The third kappa shape index (κ3) is 3.17. The quantitative estimate of drug-likeness (QED) is 0.761. The lowest BCUT2D eigenvalue weighted by molar-refractivity contribution is 0.183. The Balaban J connectivity index is 2.82. The van der Waals surface area contributed by atoms with E-state index in [9.17, 15) is 8.42 Å². The molecule has 0 radical (unpaired) electrons. The van der Waals surface area contributed by atoms with Gasteiger partial charge in [0, 0.05) is 12.7 Å². The number of hydrogen-bond donors (Lipinski definition) is 1. The van der Waals surface area contributed by atoms with Gasteiger partial charge in [0.15, 0.2) is 0 Å². The summed E-state index contributed by atoms with van der Waals surface area (Å²) in [5.74, 6) is 0.0444. The molecule has 1 heterocycles. The summed E-state index contributed by atoms with van der Waals surface area (Å²) < 4.78 is 31.3. The van der Waals surface area contributed by atoms with E-state index >= 15 is 0 Å². The van der Waals surface area contributed by atoms with Gasteiger partial charge in [-0.2, -0.15) is 0 Å². The number of hydrogen-bond acceptors (Lipinski definition) is 4. The summed E-state index contributed by atoms with van der Waals surface area (Å²) in [5.41, 5.74) is 0.705. The van der Waals surface area contributed by atoms with Crippen molar-refractivity contribution in [2.24, 2.45) is 5.14 Å². The van der Waals surface area contributed by atoms with Crippen molar-refractivity contribution >= 4 is 10.0 Å². The number of ether oxygens (including phenoxy) is 1. The van der Waals surface area contributed by atoms with Crippen molar-refractivity contribution in [2.45, 2.75) is 12.4 Å². The van der Waals surface area contributed by atoms with Crippen LogP contribution in [-0.2, 0) is 27.1 Å². The Morgan fingerprint density at radius 1 is 1.62 bits per heavy atom. The first-order valence-electron chi connectivity index (χ1n) is 3.57. The average Bonchev–Trinajstić information content (AvgIpc) is 2.34. The van der Waals surface area contributed by atoms with Crippen molar-refractivity contribution in [3.8, 4) is 0 Å². The van der Waals surface area contributed by atoms with Crippen molar-refractivity contribution < 1.29 is 17.6 Å². The van der Waals surface area contributed by atoms with Crippen molar-refractivity contribution in [3.63, 3.8) is 0 Å². The molecule has 0 unspecified atom stereocenters. The summed E-state index contributed by atoms with van der Waals surface area (Å²) >= 11 is 0. The second kappa shape index (κ2) is 3.91. The predicted octanol–water partition coefficient (Wildman–Crippen LogP) is 0.215. The minimum absolute atomic E-state index is 0.293. The van der Waals surface area contributed by atoms with Crippen LogP contribution in [0.2, 0.25) is 0 Å². The van der Waals surface area contributed by atoms with Crippen molar-refractivity contribution in [3.05, 3.63) is 23.7 Å². The van der Waals surface area contributed by atoms with Gasteiger partial charge in [0.1, 0.15) is 11.5 Å². The molecule has 0 amide bonds. The molecule has 1 aromatic rings. The molecule has 1 rings (SSSR count). The molecule has 5 nitrogen and oxygen atoms in total. The molecule has 0 aliphatic carbocycles. The zero-order valence-electron chi connectivity index (χ0n) is 7.19. The predicted molar refractivity (Wildman–Crippen MR) is 46.2 cm³/mol. The van der Waals surface area contributed by atoms with Crippen LogP contribution in [0.1, 0.15) is 11.3 Å². The van der Waals surface area contributed by atoms with Gasteiger partial charge >= 0.3 is 0 Å². The maximum Gasteiger partial charge on any atom is 0.216 e. The smallest absolute Gasteiger partial charge is 0.216 e. The Morgan fingerprint density at radius 2 is 2.31 bits per heavy atom. The highest BCUT2D eigenvalue weighted by molar-refractivity contribution is 7.88. The molecule has 2 N–H and O–H groups in total. The molecule has 0 saturated heterocycles. The second-order valence-electron chi connectivity index (χ2n) is 2.61. The number of nitrogens with two attached hydrogens (primary N) is 1. The number of primary sulfonamides is 1. The fourth-order valence-corrected chi connectivity index (χ4v) is 1.58. The Hall–Kier alpha value is -0.850. The molecule has 0 atom stereocenters. The highest BCUT2D eigenvalue weighted by Crippen LogP contribution is 2.13. The van der Waals surface area contributed by atoms with Crippen LogP contribution in [-0.4, -0.2) is 15.5 Å². The maximum absolute atomic E-state index is 10.7. The van der Waals surface area contributed by atoms with Crippen LogP contribution in [0.3, 0.4) is 0 Å². The average molecular weight is 205 g/mol. The molecular formula is C7H11NO4S. The van der Waals surface area contributed by atoms with Crippen LogP contribution in [0.4, 0.5) is 0 Å². The van der Waals surface area contributed by atoms with E-state index < -0.39 is 10.0 Å². The van der Waals surface area contributed by atoms with Crippen LogP contribution >= 0.6 is 0 Å². The number of furan rings is 1. The van der Waals surface area contributed by atoms with Gasteiger partial charge in [-0.15, -0.1) is 0 Å². The molecule has 0 aliphatic rings. The molecule has 13 heavy (non-hydrogen) atoms. The standard InChI is InChI=1S/C7H11NO4S/c1-11-4-6-2-3-12-7(6)5-13(8,9)10/h2-3H,4-5H2,1H3,(H2,8,9,10). The molecule has 1 aromatic heterocycles. The summed E-state index contributed by atoms with van der Waals surface area (Å²) in [5, 5.41) is 4.86. The van der Waals surface area contributed by atoms with Gasteiger partial charge in [-0.3, -0.25) is 0 Å². The van der Waals surface area contributed by atoms with Crippen molar-refractivity contribution in [1.29, 1.82) is 0 Å². The summed E-state index contributed by atoms with van der Waals surface area (Å²) in [4.78, 5) is 0. The van der Waals surface area contributed by atoms with Crippen LogP contribution in [0.5, 0.6) is 0 Å². The molecule has 0 bridgehead atoms. The summed E-state index contributed by atoms with van der Waals surface area (Å²) in [6.07, 6.45) is 1.41. The Morgan fingerprint density at radius 3 is 2.85 bits per heavy atom. The van der Waals surface area contributed by atoms with Crippen molar-refractivity contribution in [1.82, 2.24) is 0 Å². The van der Waals surface area contributed by atoms with Crippen molar-refractivity contribution in [2.75, 3.05) is 7.11 Å². The lowest BCUT2D eigenvalue weighted by Crippen LogP contribution is -2.15. The monoisotopic (exact) mass is 205 g/mol. The van der Waals surface area contributed by atoms with Gasteiger partial charge in [-0.05, 0) is 6.07 Å². The maximum atomic E-state index is 10.7. The van der Waals surface area contributed by atoms with Crippen LogP contribution in [0, 0.1) is 0 Å². The largest absolute Gasteiger partial charge is 0.468 e. The van der Waals surface area contributed by atoms with E-state index in [4.69, 9.17) is 14.3 Å². The zero-order valence-corrected chi connectivity index (χ0v) is 8.00. The van der Waals surface area contributed by atoms with E-state index in [0.29, 0.717) is 17.9 Å². The first kappa shape index (κ1) is 10.2. The molecule has 6 heteroatoms. The number of rotatable bonds is 4. The Bertz CT molecular complexity index is 368. The molecule has 0 aromatic carbocycles. The van der Waals surface area contributed by atoms with Gasteiger partial charge < -0.3 is 9.15 Å². The highest BCUT2D eigenvalue weighted by Gasteiger charge is 2.12. The molecule has 0 fully saturated rings. The minimum atomic E-state index is -3.54. The number of methoxy groups -OCH3 is 1. The van der Waals surface area contributed by atoms with E-state index in [0.717, 1.165) is 0 Å². The third-order valence-electron chi connectivity index (χ3n) is 1.47. The molecule has 74 valence electrons. The summed E-state index contributed by atoms with van der Waals surface area (Å²) in [7, 11) is -2.02. The van der Waals surface area contributed by atoms with Crippen LogP contribution < -0.4 is 5.14 Å². The topological polar surface area (TPSA) is 82.5 Å². The fourth-order valence-electron chi connectivity index (χ4n) is 0.960. The van der Waals surface area contributed by atoms with Gasteiger partial charge in [0.05, 0.1) is 12.9 Å². The summed E-state index contributed by atoms with van der Waals surface area (Å²) in [6.45, 7) is 0.321. The van der Waals surface area contributed by atoms with Crippen LogP contribution in [0.15, 0.2) is 16.7 Å². The van der Waals surface area contributed by atoms with Gasteiger partial charge in [0.25, 0.3) is 0 Å². The van der Waals surface area contributed by atoms with E-state index in [1.54, 1.807) is 6.07 Å². The summed E-state index contributed by atoms with van der Waals surface area (Å²) in [6, 6.07) is 1.66. The van der Waals surface area contributed by atoms with Gasteiger partial charge in [0.2, 0.25) is 10.0 Å². The number of sulfonamides is 1. The van der Waals surface area contributed by atoms with E-state index in [1.165, 1.54) is 13.4 Å². The normalized spacial score (nSPS) is 11.8. The third-order valence-corrected chi connectivity index (χ3v) is 2.13. The molecule has 0 saturated carbocycles. The SMILES string of the molecule is COCc1ccoc1CS(N)(=O)=O. The Labute approximate surface area is 76.5 Å². The first-order chi connectivity index (χ1) is 6.03. The fraction of sp³-hybridized carbons (Fsp3) is 0.429.